The minimum absolute atomic E-state index is 0.0162. The number of nitriles is 1. The summed E-state index contributed by atoms with van der Waals surface area (Å²) in [7, 11) is 0. The largest absolute Gasteiger partial charge is 0.337 e. The molecule has 0 bridgehead atoms. The Morgan fingerprint density at radius 2 is 2.24 bits per heavy atom. The van der Waals surface area contributed by atoms with Crippen molar-refractivity contribution in [2.24, 2.45) is 5.92 Å². The Hall–Kier alpha value is -1.97. The molecule has 2 aromatic rings. The molecule has 0 aliphatic carbocycles. The van der Waals surface area contributed by atoms with Crippen LogP contribution in [0.25, 0.3) is 5.69 Å². The Kier molecular flexibility index (Phi) is 6.15. The van der Waals surface area contributed by atoms with Gasteiger partial charge in [-0.2, -0.15) is 5.26 Å². The summed E-state index contributed by atoms with van der Waals surface area (Å²) in [6.07, 6.45) is 3.53. The zero-order valence-corrected chi connectivity index (χ0v) is 16.3. The molecule has 1 unspecified atom stereocenters. The summed E-state index contributed by atoms with van der Waals surface area (Å²) in [5.41, 5.74) is 0.999. The van der Waals surface area contributed by atoms with Gasteiger partial charge in [0.05, 0.1) is 17.5 Å². The van der Waals surface area contributed by atoms with Gasteiger partial charge in [-0.3, -0.25) is 9.36 Å². The first kappa shape index (κ1) is 19.4. The predicted molar refractivity (Wildman–Crippen MR) is 101 cm³/mol. The minimum Gasteiger partial charge on any atom is -0.337 e. The van der Waals surface area contributed by atoms with Gasteiger partial charge < -0.3 is 5.32 Å². The molecule has 0 radical (unpaired) electrons. The first-order valence-corrected chi connectivity index (χ1v) is 9.28. The Bertz CT molecular complexity index is 812. The van der Waals surface area contributed by atoms with E-state index in [9.17, 15) is 10.1 Å². The van der Waals surface area contributed by atoms with Crippen LogP contribution in [0.3, 0.4) is 0 Å². The average Bonchev–Trinajstić information content (AvgIpc) is 3.03. The number of hydrogen-bond donors (Lipinski definition) is 1. The molecule has 0 saturated carbocycles. The van der Waals surface area contributed by atoms with E-state index in [0.717, 1.165) is 11.3 Å². The van der Waals surface area contributed by atoms with Crippen molar-refractivity contribution in [3.63, 3.8) is 0 Å². The molecule has 5 nitrogen and oxygen atoms in total. The van der Waals surface area contributed by atoms with E-state index in [1.165, 1.54) is 11.8 Å². The zero-order valence-electron chi connectivity index (χ0n) is 14.7. The second-order valence-electron chi connectivity index (χ2n) is 6.27. The molecule has 0 aliphatic heterocycles. The summed E-state index contributed by atoms with van der Waals surface area (Å²) < 4.78 is 1.91. The Labute approximate surface area is 157 Å². The van der Waals surface area contributed by atoms with Crippen molar-refractivity contribution in [3.8, 4) is 11.8 Å². The highest BCUT2D eigenvalue weighted by atomic mass is 35.5. The van der Waals surface area contributed by atoms with Crippen molar-refractivity contribution in [3.05, 3.63) is 41.2 Å². The maximum Gasteiger partial charge on any atom is 0.231 e. The smallest absolute Gasteiger partial charge is 0.231 e. The minimum atomic E-state index is -0.878. The molecular weight excluding hydrogens is 356 g/mol. The van der Waals surface area contributed by atoms with Gasteiger partial charge in [-0.05, 0) is 37.5 Å². The monoisotopic (exact) mass is 376 g/mol. The van der Waals surface area contributed by atoms with Gasteiger partial charge in [0.15, 0.2) is 5.16 Å². The number of rotatable bonds is 6. The van der Waals surface area contributed by atoms with Gasteiger partial charge in [-0.1, -0.05) is 43.3 Å². The second kappa shape index (κ2) is 7.94. The summed E-state index contributed by atoms with van der Waals surface area (Å²) in [6.45, 7) is 7.49. The third-order valence-electron chi connectivity index (χ3n) is 4.22. The van der Waals surface area contributed by atoms with Crippen LogP contribution in [0, 0.1) is 24.2 Å². The number of carbonyl (C=O) groups is 1. The van der Waals surface area contributed by atoms with E-state index in [4.69, 9.17) is 11.6 Å². The van der Waals surface area contributed by atoms with Gasteiger partial charge in [-0.15, -0.1) is 0 Å². The quantitative estimate of drug-likeness (QED) is 0.774. The van der Waals surface area contributed by atoms with Crippen LogP contribution in [-0.4, -0.2) is 26.8 Å². The molecule has 1 aromatic heterocycles. The highest BCUT2D eigenvalue weighted by Gasteiger charge is 2.30. The number of aromatic nitrogens is 2. The predicted octanol–water partition coefficient (Wildman–Crippen LogP) is 3.98. The number of halogens is 1. The average molecular weight is 377 g/mol. The van der Waals surface area contributed by atoms with E-state index in [0.29, 0.717) is 10.2 Å². The van der Waals surface area contributed by atoms with Crippen molar-refractivity contribution >= 4 is 29.3 Å². The maximum absolute atomic E-state index is 12.2. The van der Waals surface area contributed by atoms with Gasteiger partial charge in [0.25, 0.3) is 0 Å². The Morgan fingerprint density at radius 1 is 1.52 bits per heavy atom. The first-order valence-electron chi connectivity index (χ1n) is 7.92. The molecule has 1 N–H and O–H groups in total. The normalized spacial score (nSPS) is 13.3. The molecule has 0 saturated heterocycles. The molecule has 1 amide bonds. The number of nitrogens with zero attached hydrogens (tertiary/aromatic N) is 3. The lowest BCUT2D eigenvalue weighted by molar-refractivity contribution is -0.120. The first-order chi connectivity index (χ1) is 11.8. The van der Waals surface area contributed by atoms with E-state index in [-0.39, 0.29) is 17.6 Å². The number of nitrogens with one attached hydrogen (secondary N) is 1. The molecule has 1 heterocycles. The molecule has 7 heteroatoms. The standard InChI is InChI=1S/C18H21ClN4OS/c1-12(2)18(4,11-20)22-16(24)10-25-17-21-8-9-23(17)15-7-5-6-14(19)13(15)3/h5-9,12H,10H2,1-4H3,(H,22,24). The van der Waals surface area contributed by atoms with E-state index in [1.807, 2.05) is 49.7 Å². The van der Waals surface area contributed by atoms with Crippen LogP contribution in [0.15, 0.2) is 35.7 Å². The number of carbonyl (C=O) groups excluding carboxylic acids is 1. The summed E-state index contributed by atoms with van der Waals surface area (Å²) in [6, 6.07) is 7.85. The Balaban J connectivity index is 2.11. The third kappa shape index (κ3) is 4.36. The zero-order chi connectivity index (χ0) is 18.6. The number of imidazole rings is 1. The van der Waals surface area contributed by atoms with Crippen LogP contribution < -0.4 is 5.32 Å². The SMILES string of the molecule is Cc1c(Cl)cccc1-n1ccnc1SCC(=O)NC(C)(C#N)C(C)C. The van der Waals surface area contributed by atoms with Crippen molar-refractivity contribution < 1.29 is 4.79 Å². The van der Waals surface area contributed by atoms with Gasteiger partial charge in [0.1, 0.15) is 5.54 Å². The second-order valence-corrected chi connectivity index (χ2v) is 7.62. The van der Waals surface area contributed by atoms with Crippen molar-refractivity contribution in [2.45, 2.75) is 38.4 Å². The van der Waals surface area contributed by atoms with Crippen LogP contribution in [-0.2, 0) is 4.79 Å². The van der Waals surface area contributed by atoms with E-state index in [1.54, 1.807) is 13.1 Å². The Morgan fingerprint density at radius 3 is 2.88 bits per heavy atom. The summed E-state index contributed by atoms with van der Waals surface area (Å²) in [5.74, 6) is 0.00308. The molecule has 0 aliphatic rings. The molecular formula is C18H21ClN4OS. The van der Waals surface area contributed by atoms with Gasteiger partial charge in [-0.25, -0.2) is 4.98 Å². The van der Waals surface area contributed by atoms with Gasteiger partial charge in [0.2, 0.25) is 5.91 Å². The lowest BCUT2D eigenvalue weighted by atomic mass is 9.90. The molecule has 2 rings (SSSR count). The summed E-state index contributed by atoms with van der Waals surface area (Å²) in [4.78, 5) is 16.6. The fourth-order valence-electron chi connectivity index (χ4n) is 2.19. The molecule has 1 atom stereocenters. The lowest BCUT2D eigenvalue weighted by Gasteiger charge is -2.27. The summed E-state index contributed by atoms with van der Waals surface area (Å²) in [5, 5.41) is 13.5. The van der Waals surface area contributed by atoms with Crippen LogP contribution in [0.4, 0.5) is 0 Å². The number of amides is 1. The summed E-state index contributed by atoms with van der Waals surface area (Å²) >= 11 is 7.51. The van der Waals surface area contributed by atoms with Crippen molar-refractivity contribution in [1.82, 2.24) is 14.9 Å². The highest BCUT2D eigenvalue weighted by molar-refractivity contribution is 7.99. The topological polar surface area (TPSA) is 70.7 Å². The van der Waals surface area contributed by atoms with Crippen LogP contribution >= 0.6 is 23.4 Å². The van der Waals surface area contributed by atoms with Gasteiger partial charge >= 0.3 is 0 Å². The van der Waals surface area contributed by atoms with Crippen LogP contribution in [0.2, 0.25) is 5.02 Å². The van der Waals surface area contributed by atoms with E-state index >= 15 is 0 Å². The molecule has 132 valence electrons. The lowest BCUT2D eigenvalue weighted by Crippen LogP contribution is -2.49. The highest BCUT2D eigenvalue weighted by Crippen LogP contribution is 2.26. The third-order valence-corrected chi connectivity index (χ3v) is 5.60. The van der Waals surface area contributed by atoms with Crippen molar-refractivity contribution in [1.29, 1.82) is 5.26 Å². The molecule has 0 spiro atoms. The van der Waals surface area contributed by atoms with Crippen molar-refractivity contribution in [2.75, 3.05) is 5.75 Å². The fraction of sp³-hybridized carbons (Fsp3) is 0.389. The number of thioether (sulfide) groups is 1. The molecule has 25 heavy (non-hydrogen) atoms. The fourth-order valence-corrected chi connectivity index (χ4v) is 3.13. The maximum atomic E-state index is 12.2. The molecule has 0 fully saturated rings. The van der Waals surface area contributed by atoms with E-state index in [2.05, 4.69) is 16.4 Å². The van der Waals surface area contributed by atoms with Crippen LogP contribution in [0.5, 0.6) is 0 Å². The van der Waals surface area contributed by atoms with E-state index < -0.39 is 5.54 Å². The molecule has 1 aromatic carbocycles. The number of hydrogen-bond acceptors (Lipinski definition) is 4. The van der Waals surface area contributed by atoms with Gasteiger partial charge in [0, 0.05) is 17.4 Å². The van der Waals surface area contributed by atoms with Crippen LogP contribution in [0.1, 0.15) is 26.3 Å². The number of benzene rings is 1.